The molecule has 1 aliphatic rings. The Morgan fingerprint density at radius 1 is 1.28 bits per heavy atom. The van der Waals surface area contributed by atoms with Gasteiger partial charge in [-0.2, -0.15) is 13.2 Å². The van der Waals surface area contributed by atoms with Crippen molar-refractivity contribution < 1.29 is 27.5 Å². The van der Waals surface area contributed by atoms with Crippen LogP contribution in [0.1, 0.15) is 22.3 Å². The molecule has 2 aromatic rings. The van der Waals surface area contributed by atoms with E-state index in [1.807, 2.05) is 0 Å². The molecule has 1 aromatic heterocycles. The van der Waals surface area contributed by atoms with E-state index in [2.05, 4.69) is 15.5 Å². The lowest BCUT2D eigenvalue weighted by molar-refractivity contribution is -0.137. The molecule has 0 saturated heterocycles. The fraction of sp³-hybridized carbons (Fsp3) is 0.278. The van der Waals surface area contributed by atoms with Crippen molar-refractivity contribution in [3.63, 3.8) is 0 Å². The Morgan fingerprint density at radius 3 is 2.66 bits per heavy atom. The van der Waals surface area contributed by atoms with Crippen LogP contribution in [0.5, 0.6) is 0 Å². The van der Waals surface area contributed by atoms with E-state index in [-0.39, 0.29) is 24.0 Å². The molecule has 6 nitrogen and oxygen atoms in total. The highest BCUT2D eigenvalue weighted by molar-refractivity contribution is 6.33. The summed E-state index contributed by atoms with van der Waals surface area (Å²) in [7, 11) is 0. The second-order valence-electron chi connectivity index (χ2n) is 6.11. The Hall–Kier alpha value is -2.52. The number of aromatic nitrogens is 1. The topological polar surface area (TPSA) is 72.8 Å². The number of anilines is 1. The first-order valence-corrected chi connectivity index (χ1v) is 9.09. The Balaban J connectivity index is 1.45. The molecule has 0 saturated carbocycles. The first-order valence-electron chi connectivity index (χ1n) is 8.33. The maximum atomic E-state index is 12.6. The number of nitrogens with one attached hydrogen (secondary N) is 1. The van der Waals surface area contributed by atoms with Gasteiger partial charge in [0.2, 0.25) is 0 Å². The number of halogens is 5. The van der Waals surface area contributed by atoms with Gasteiger partial charge < -0.3 is 14.9 Å². The molecule has 11 heteroatoms. The summed E-state index contributed by atoms with van der Waals surface area (Å²) in [6.45, 7) is 0.160. The van der Waals surface area contributed by atoms with E-state index < -0.39 is 23.8 Å². The monoisotopic (exact) mass is 447 g/mol. The number of rotatable bonds is 6. The Labute approximate surface area is 173 Å². The number of pyridine rings is 1. The molecule has 0 spiro atoms. The molecular weight excluding hydrogens is 434 g/mol. The number of ether oxygens (including phenoxy) is 1. The SMILES string of the molecule is O=C(OCC1=NOC(CNc2ncc(C(F)(F)F)cc2Cl)C1)c1ccc(Cl)cc1. The molecular formula is C18H14Cl2F3N3O3. The van der Waals surface area contributed by atoms with E-state index in [4.69, 9.17) is 32.8 Å². The smallest absolute Gasteiger partial charge is 0.417 e. The summed E-state index contributed by atoms with van der Waals surface area (Å²) < 4.78 is 43.1. The van der Waals surface area contributed by atoms with E-state index in [1.54, 1.807) is 24.3 Å². The van der Waals surface area contributed by atoms with Crippen LogP contribution in [0.25, 0.3) is 0 Å². The molecule has 0 aliphatic carbocycles. The average molecular weight is 448 g/mol. The van der Waals surface area contributed by atoms with Crippen molar-refractivity contribution in [3.8, 4) is 0 Å². The molecule has 1 atom stereocenters. The summed E-state index contributed by atoms with van der Waals surface area (Å²) in [5.74, 6) is -0.419. The van der Waals surface area contributed by atoms with Gasteiger partial charge in [-0.25, -0.2) is 9.78 Å². The van der Waals surface area contributed by atoms with Crippen LogP contribution in [-0.2, 0) is 15.8 Å². The van der Waals surface area contributed by atoms with Gasteiger partial charge in [-0.3, -0.25) is 0 Å². The number of nitrogens with zero attached hydrogens (tertiary/aromatic N) is 2. The molecule has 0 fully saturated rings. The van der Waals surface area contributed by atoms with E-state index >= 15 is 0 Å². The van der Waals surface area contributed by atoms with Gasteiger partial charge in [-0.1, -0.05) is 28.4 Å². The van der Waals surface area contributed by atoms with Crippen molar-refractivity contribution in [2.24, 2.45) is 5.16 Å². The molecule has 0 amide bonds. The number of esters is 1. The van der Waals surface area contributed by atoms with Crippen LogP contribution in [0.3, 0.4) is 0 Å². The zero-order valence-electron chi connectivity index (χ0n) is 14.7. The lowest BCUT2D eigenvalue weighted by Gasteiger charge is -2.13. The zero-order chi connectivity index (χ0) is 21.0. The fourth-order valence-corrected chi connectivity index (χ4v) is 2.79. The van der Waals surface area contributed by atoms with Gasteiger partial charge in [0.1, 0.15) is 18.5 Å². The van der Waals surface area contributed by atoms with Gasteiger partial charge in [0.15, 0.2) is 0 Å². The van der Waals surface area contributed by atoms with Crippen molar-refractivity contribution in [2.45, 2.75) is 18.7 Å². The lowest BCUT2D eigenvalue weighted by Crippen LogP contribution is -2.22. The normalized spacial score (nSPS) is 16.2. The highest BCUT2D eigenvalue weighted by Crippen LogP contribution is 2.32. The van der Waals surface area contributed by atoms with Crippen LogP contribution in [0.15, 0.2) is 41.7 Å². The highest BCUT2D eigenvalue weighted by atomic mass is 35.5. The molecule has 0 bridgehead atoms. The standard InChI is InChI=1S/C18H14Cl2F3N3O3/c19-12-3-1-10(2-4-12)17(27)28-9-13-6-14(29-26-13)8-25-16-15(20)5-11(7-24-16)18(21,22)23/h1-5,7,14H,6,8-9H2,(H,24,25). The van der Waals surface area contributed by atoms with Gasteiger partial charge in [0.25, 0.3) is 0 Å². The van der Waals surface area contributed by atoms with Gasteiger partial charge in [-0.05, 0) is 30.3 Å². The largest absolute Gasteiger partial charge is 0.456 e. The van der Waals surface area contributed by atoms with Crippen LogP contribution >= 0.6 is 23.2 Å². The number of carbonyl (C=O) groups excluding carboxylic acids is 1. The zero-order valence-corrected chi connectivity index (χ0v) is 16.2. The van der Waals surface area contributed by atoms with Crippen molar-refractivity contribution >= 4 is 40.7 Å². The predicted molar refractivity (Wildman–Crippen MR) is 101 cm³/mol. The Kier molecular flexibility index (Phi) is 6.49. The highest BCUT2D eigenvalue weighted by Gasteiger charge is 2.31. The summed E-state index contributed by atoms with van der Waals surface area (Å²) in [6, 6.07) is 7.05. The van der Waals surface area contributed by atoms with E-state index in [9.17, 15) is 18.0 Å². The van der Waals surface area contributed by atoms with Crippen molar-refractivity contribution in [1.82, 2.24) is 4.98 Å². The molecule has 154 valence electrons. The number of benzene rings is 1. The molecule has 0 radical (unpaired) electrons. The maximum Gasteiger partial charge on any atom is 0.417 e. The van der Waals surface area contributed by atoms with Crippen molar-refractivity contribution in [2.75, 3.05) is 18.5 Å². The predicted octanol–water partition coefficient (Wildman–Crippen LogP) is 4.82. The van der Waals surface area contributed by atoms with Crippen molar-refractivity contribution in [1.29, 1.82) is 0 Å². The van der Waals surface area contributed by atoms with Gasteiger partial charge in [0, 0.05) is 17.6 Å². The van der Waals surface area contributed by atoms with Crippen LogP contribution in [-0.4, -0.2) is 35.9 Å². The van der Waals surface area contributed by atoms with Gasteiger partial charge >= 0.3 is 12.1 Å². The molecule has 2 heterocycles. The lowest BCUT2D eigenvalue weighted by atomic mass is 10.2. The number of hydrogen-bond donors (Lipinski definition) is 1. The summed E-state index contributed by atoms with van der Waals surface area (Å²) in [5.41, 5.74) is -0.0565. The third-order valence-electron chi connectivity index (χ3n) is 3.91. The first-order chi connectivity index (χ1) is 13.7. The quantitative estimate of drug-likeness (QED) is 0.642. The number of alkyl halides is 3. The Morgan fingerprint density at radius 2 is 2.00 bits per heavy atom. The van der Waals surface area contributed by atoms with Gasteiger partial charge in [0.05, 0.1) is 28.4 Å². The van der Waals surface area contributed by atoms with Crippen LogP contribution in [0.2, 0.25) is 10.0 Å². The summed E-state index contributed by atoms with van der Waals surface area (Å²) in [5, 5.41) is 7.03. The third-order valence-corrected chi connectivity index (χ3v) is 4.45. The minimum Gasteiger partial charge on any atom is -0.456 e. The number of hydrogen-bond acceptors (Lipinski definition) is 6. The van der Waals surface area contributed by atoms with Crippen LogP contribution in [0, 0.1) is 0 Å². The summed E-state index contributed by atoms with van der Waals surface area (Å²) in [4.78, 5) is 20.9. The van der Waals surface area contributed by atoms with E-state index in [0.29, 0.717) is 28.9 Å². The molecule has 1 N–H and O–H groups in total. The second kappa shape index (κ2) is 8.87. The summed E-state index contributed by atoms with van der Waals surface area (Å²) in [6.07, 6.45) is -3.85. The Bertz CT molecular complexity index is 921. The molecule has 3 rings (SSSR count). The number of carbonyl (C=O) groups is 1. The second-order valence-corrected chi connectivity index (χ2v) is 6.95. The fourth-order valence-electron chi connectivity index (χ4n) is 2.43. The van der Waals surface area contributed by atoms with Crippen molar-refractivity contribution in [3.05, 3.63) is 57.7 Å². The first kappa shape index (κ1) is 21.2. The van der Waals surface area contributed by atoms with Crippen LogP contribution < -0.4 is 5.32 Å². The molecule has 1 aromatic carbocycles. The molecule has 29 heavy (non-hydrogen) atoms. The van der Waals surface area contributed by atoms with E-state index in [1.165, 1.54) is 0 Å². The summed E-state index contributed by atoms with van der Waals surface area (Å²) >= 11 is 11.6. The maximum absolute atomic E-state index is 12.6. The minimum absolute atomic E-state index is 0.0444. The molecule has 1 aliphatic heterocycles. The average Bonchev–Trinajstić information content (AvgIpc) is 3.13. The molecule has 1 unspecified atom stereocenters. The third kappa shape index (κ3) is 5.74. The number of oxime groups is 1. The van der Waals surface area contributed by atoms with Gasteiger partial charge in [-0.15, -0.1) is 0 Å². The van der Waals surface area contributed by atoms with Crippen LogP contribution in [0.4, 0.5) is 19.0 Å². The minimum atomic E-state index is -4.52. The van der Waals surface area contributed by atoms with E-state index in [0.717, 1.165) is 6.07 Å².